The van der Waals surface area contributed by atoms with Gasteiger partial charge in [0.1, 0.15) is 5.78 Å². The number of nitriles is 2. The molecule has 7 heteroatoms. The Balaban J connectivity index is 2.27. The first kappa shape index (κ1) is 17.9. The summed E-state index contributed by atoms with van der Waals surface area (Å²) >= 11 is 0. The van der Waals surface area contributed by atoms with Crippen molar-refractivity contribution in [3.63, 3.8) is 0 Å². The molecule has 0 radical (unpaired) electrons. The highest BCUT2D eigenvalue weighted by Gasteiger charge is 2.65. The average molecular weight is 337 g/mol. The molecule has 6 nitrogen and oxygen atoms in total. The number of Topliss-reactive ketones (excluding diaryl/α,β-unsaturated/α-hetero) is 1. The number of sulfonamides is 1. The second-order valence-corrected chi connectivity index (χ2v) is 9.11. The molecule has 2 bridgehead atoms. The van der Waals surface area contributed by atoms with Gasteiger partial charge in [-0.2, -0.15) is 14.8 Å². The van der Waals surface area contributed by atoms with Gasteiger partial charge in [-0.05, 0) is 24.2 Å². The molecule has 2 rings (SSSR count). The third kappa shape index (κ3) is 2.88. The molecule has 0 aliphatic heterocycles. The van der Waals surface area contributed by atoms with E-state index >= 15 is 0 Å². The Hall–Kier alpha value is -1.44. The second kappa shape index (κ2) is 6.22. The second-order valence-electron chi connectivity index (χ2n) is 7.14. The Morgan fingerprint density at radius 3 is 2.17 bits per heavy atom. The Kier molecular flexibility index (Phi) is 4.84. The third-order valence-corrected chi connectivity index (χ3v) is 7.92. The maximum atomic E-state index is 12.9. The Labute approximate surface area is 138 Å². The number of carbonyl (C=O) groups is 1. The molecule has 0 aromatic heterocycles. The zero-order chi connectivity index (χ0) is 17.3. The van der Waals surface area contributed by atoms with Crippen molar-refractivity contribution in [3.8, 4) is 12.1 Å². The van der Waals surface area contributed by atoms with Crippen molar-refractivity contribution in [2.24, 2.45) is 16.7 Å². The molecule has 2 aliphatic rings. The molecule has 0 amide bonds. The molecule has 2 aliphatic carbocycles. The Morgan fingerprint density at radius 1 is 1.22 bits per heavy atom. The minimum atomic E-state index is -3.69. The molecule has 0 heterocycles. The van der Waals surface area contributed by atoms with Gasteiger partial charge < -0.3 is 0 Å². The lowest BCUT2D eigenvalue weighted by Gasteiger charge is -2.37. The summed E-state index contributed by atoms with van der Waals surface area (Å²) < 4.78 is 27.0. The highest BCUT2D eigenvalue weighted by molar-refractivity contribution is 7.89. The minimum absolute atomic E-state index is 0.0582. The van der Waals surface area contributed by atoms with Gasteiger partial charge in [-0.15, -0.1) is 0 Å². The standard InChI is InChI=1S/C16H23N3O3S/c1-15(2)13-5-6-16(15,14(20)11-13)12-23(21,22)19(9-3-7-17)10-4-8-18/h13H,3-6,9-12H2,1-2H3. The number of hydrogen-bond acceptors (Lipinski definition) is 5. The van der Waals surface area contributed by atoms with Crippen LogP contribution < -0.4 is 0 Å². The van der Waals surface area contributed by atoms with Gasteiger partial charge >= 0.3 is 0 Å². The average Bonchev–Trinajstić information content (AvgIpc) is 2.80. The number of carbonyl (C=O) groups excluding carboxylic acids is 1. The molecule has 2 fully saturated rings. The maximum absolute atomic E-state index is 12.9. The number of ketones is 1. The van der Waals surface area contributed by atoms with Gasteiger partial charge in [0.05, 0.1) is 17.9 Å². The van der Waals surface area contributed by atoms with E-state index in [9.17, 15) is 13.2 Å². The van der Waals surface area contributed by atoms with Crippen LogP contribution >= 0.6 is 0 Å². The molecule has 2 saturated carbocycles. The van der Waals surface area contributed by atoms with Crippen LogP contribution in [0.15, 0.2) is 0 Å². The predicted molar refractivity (Wildman–Crippen MR) is 84.4 cm³/mol. The van der Waals surface area contributed by atoms with E-state index in [-0.39, 0.29) is 48.8 Å². The van der Waals surface area contributed by atoms with Gasteiger partial charge in [0.25, 0.3) is 0 Å². The zero-order valence-electron chi connectivity index (χ0n) is 13.7. The maximum Gasteiger partial charge on any atom is 0.215 e. The fourth-order valence-corrected chi connectivity index (χ4v) is 6.47. The number of fused-ring (bicyclic) bond motifs is 2. The first-order chi connectivity index (χ1) is 10.7. The van der Waals surface area contributed by atoms with Crippen molar-refractivity contribution in [1.29, 1.82) is 10.5 Å². The van der Waals surface area contributed by atoms with Gasteiger partial charge in [0.15, 0.2) is 0 Å². The van der Waals surface area contributed by atoms with E-state index in [0.29, 0.717) is 12.8 Å². The van der Waals surface area contributed by atoms with E-state index in [1.807, 2.05) is 26.0 Å². The summed E-state index contributed by atoms with van der Waals surface area (Å²) in [6.45, 7) is 4.16. The summed E-state index contributed by atoms with van der Waals surface area (Å²) in [6, 6.07) is 3.88. The predicted octanol–water partition coefficient (Wildman–Crippen LogP) is 1.84. The van der Waals surface area contributed by atoms with Gasteiger partial charge in [-0.3, -0.25) is 4.79 Å². The quantitative estimate of drug-likeness (QED) is 0.705. The number of hydrogen-bond donors (Lipinski definition) is 0. The van der Waals surface area contributed by atoms with Crippen molar-refractivity contribution in [2.75, 3.05) is 18.8 Å². The highest BCUT2D eigenvalue weighted by Crippen LogP contribution is 2.64. The molecule has 2 unspecified atom stereocenters. The summed E-state index contributed by atoms with van der Waals surface area (Å²) in [7, 11) is -3.69. The van der Waals surface area contributed by atoms with Crippen LogP contribution in [0.25, 0.3) is 0 Å². The summed E-state index contributed by atoms with van der Waals surface area (Å²) in [6.07, 6.45) is 2.14. The number of rotatable bonds is 7. The van der Waals surface area contributed by atoms with Crippen LogP contribution in [0.2, 0.25) is 0 Å². The van der Waals surface area contributed by atoms with E-state index in [4.69, 9.17) is 10.5 Å². The normalized spacial score (nSPS) is 28.7. The van der Waals surface area contributed by atoms with Gasteiger partial charge in [-0.25, -0.2) is 8.42 Å². The lowest BCUT2D eigenvalue weighted by Crippen LogP contribution is -2.47. The van der Waals surface area contributed by atoms with Crippen LogP contribution in [-0.2, 0) is 14.8 Å². The lowest BCUT2D eigenvalue weighted by atomic mass is 9.70. The van der Waals surface area contributed by atoms with Gasteiger partial charge in [0, 0.05) is 37.8 Å². The van der Waals surface area contributed by atoms with E-state index in [1.165, 1.54) is 4.31 Å². The fourth-order valence-electron chi connectivity index (χ4n) is 4.25. The van der Waals surface area contributed by atoms with Crippen LogP contribution in [0.3, 0.4) is 0 Å². The van der Waals surface area contributed by atoms with E-state index in [1.54, 1.807) is 0 Å². The van der Waals surface area contributed by atoms with Crippen LogP contribution in [0, 0.1) is 39.4 Å². The molecule has 23 heavy (non-hydrogen) atoms. The van der Waals surface area contributed by atoms with Gasteiger partial charge in [0.2, 0.25) is 10.0 Å². The smallest absolute Gasteiger partial charge is 0.215 e. The number of nitrogens with zero attached hydrogens (tertiary/aromatic N) is 3. The summed E-state index contributed by atoms with van der Waals surface area (Å²) in [5.74, 6) is 0.124. The van der Waals surface area contributed by atoms with Crippen molar-refractivity contribution >= 4 is 15.8 Å². The summed E-state index contributed by atoms with van der Waals surface area (Å²) in [5.41, 5.74) is -1.12. The SMILES string of the molecule is CC1(C)C2CCC1(CS(=O)(=O)N(CCC#N)CCC#N)C(=O)C2. The molecule has 2 atom stereocenters. The van der Waals surface area contributed by atoms with E-state index in [2.05, 4.69) is 0 Å². The highest BCUT2D eigenvalue weighted by atomic mass is 32.2. The van der Waals surface area contributed by atoms with E-state index in [0.717, 1.165) is 6.42 Å². The lowest BCUT2D eigenvalue weighted by molar-refractivity contribution is -0.128. The zero-order valence-corrected chi connectivity index (χ0v) is 14.5. The van der Waals surface area contributed by atoms with E-state index < -0.39 is 15.4 Å². The van der Waals surface area contributed by atoms with Crippen LogP contribution in [0.5, 0.6) is 0 Å². The van der Waals surface area contributed by atoms with Crippen LogP contribution in [0.4, 0.5) is 0 Å². The molecular weight excluding hydrogens is 314 g/mol. The Morgan fingerprint density at radius 2 is 1.78 bits per heavy atom. The molecule has 0 spiro atoms. The van der Waals surface area contributed by atoms with Gasteiger partial charge in [-0.1, -0.05) is 13.8 Å². The van der Waals surface area contributed by atoms with Crippen LogP contribution in [-0.4, -0.2) is 37.3 Å². The first-order valence-corrected chi connectivity index (χ1v) is 9.57. The largest absolute Gasteiger partial charge is 0.299 e. The molecule has 0 saturated heterocycles. The Bertz CT molecular complexity index is 654. The molecule has 0 aromatic carbocycles. The summed E-state index contributed by atoms with van der Waals surface area (Å²) in [4.78, 5) is 12.5. The monoisotopic (exact) mass is 337 g/mol. The first-order valence-electron chi connectivity index (χ1n) is 7.96. The van der Waals surface area contributed by atoms with Crippen molar-refractivity contribution in [3.05, 3.63) is 0 Å². The van der Waals surface area contributed by atoms with Crippen molar-refractivity contribution < 1.29 is 13.2 Å². The third-order valence-electron chi connectivity index (χ3n) is 5.91. The van der Waals surface area contributed by atoms with Crippen molar-refractivity contribution in [1.82, 2.24) is 4.31 Å². The molecule has 0 aromatic rings. The molecular formula is C16H23N3O3S. The van der Waals surface area contributed by atoms with Crippen molar-refractivity contribution in [2.45, 2.75) is 46.0 Å². The minimum Gasteiger partial charge on any atom is -0.299 e. The molecule has 126 valence electrons. The summed E-state index contributed by atoms with van der Waals surface area (Å²) in [5, 5.41) is 17.5. The fraction of sp³-hybridized carbons (Fsp3) is 0.812. The topological polar surface area (TPSA) is 102 Å². The molecule has 0 N–H and O–H groups in total. The van der Waals surface area contributed by atoms with Crippen LogP contribution in [0.1, 0.15) is 46.0 Å².